The molecule has 1 atom stereocenters. The molecule has 0 saturated carbocycles. The second-order valence-corrected chi connectivity index (χ2v) is 5.94. The number of hydrogen-bond acceptors (Lipinski definition) is 7. The third kappa shape index (κ3) is 3.80. The van der Waals surface area contributed by atoms with Crippen LogP contribution in [-0.2, 0) is 4.74 Å². The Morgan fingerprint density at radius 3 is 2.73 bits per heavy atom. The lowest BCUT2D eigenvalue weighted by molar-refractivity contribution is 0.128. The predicted molar refractivity (Wildman–Crippen MR) is 102 cm³/mol. The molecule has 2 heterocycles. The summed E-state index contributed by atoms with van der Waals surface area (Å²) < 4.78 is 19.1. The summed E-state index contributed by atoms with van der Waals surface area (Å²) in [4.78, 5) is 13.2. The summed E-state index contributed by atoms with van der Waals surface area (Å²) in [6, 6.07) is 6.28. The van der Waals surface area contributed by atoms with Gasteiger partial charge in [0.05, 0.1) is 6.10 Å². The van der Waals surface area contributed by atoms with Crippen LogP contribution in [0.1, 0.15) is 6.92 Å². The number of nitrogen functional groups attached to an aromatic ring is 1. The number of rotatable bonds is 6. The zero-order chi connectivity index (χ0) is 18.7. The minimum Gasteiger partial charge on any atom is -0.399 e. The van der Waals surface area contributed by atoms with Crippen molar-refractivity contribution in [2.45, 2.75) is 13.0 Å². The number of fused-ring (bicyclic) bond motifs is 1. The second kappa shape index (κ2) is 7.49. The van der Waals surface area contributed by atoms with Crippen molar-refractivity contribution < 1.29 is 9.13 Å². The Hall–Kier alpha value is -3.00. The summed E-state index contributed by atoms with van der Waals surface area (Å²) in [5.41, 5.74) is 8.03. The van der Waals surface area contributed by atoms with E-state index in [1.807, 2.05) is 13.0 Å². The molecule has 0 bridgehead atoms. The van der Waals surface area contributed by atoms with Gasteiger partial charge in [-0.3, -0.25) is 0 Å². The number of aromatic nitrogens is 3. The summed E-state index contributed by atoms with van der Waals surface area (Å²) in [6.45, 7) is 2.48. The van der Waals surface area contributed by atoms with Gasteiger partial charge in [-0.25, -0.2) is 14.4 Å². The number of anilines is 3. The lowest BCUT2D eigenvalue weighted by Crippen LogP contribution is -2.19. The topological polar surface area (TPSA) is 98.0 Å². The van der Waals surface area contributed by atoms with Gasteiger partial charge in [-0.05, 0) is 36.8 Å². The van der Waals surface area contributed by atoms with Crippen molar-refractivity contribution in [1.82, 2.24) is 15.0 Å². The third-order valence-electron chi connectivity index (χ3n) is 3.98. The first-order valence-corrected chi connectivity index (χ1v) is 8.19. The van der Waals surface area contributed by atoms with Gasteiger partial charge in [-0.15, -0.1) is 0 Å². The number of nitrogens with zero attached hydrogens (tertiary/aromatic N) is 3. The molecule has 3 rings (SSSR count). The first-order chi connectivity index (χ1) is 12.5. The summed E-state index contributed by atoms with van der Waals surface area (Å²) in [7, 11) is 3.38. The van der Waals surface area contributed by atoms with Gasteiger partial charge in [0.15, 0.2) is 5.65 Å². The lowest BCUT2D eigenvalue weighted by atomic mass is 10.0. The van der Waals surface area contributed by atoms with E-state index in [1.54, 1.807) is 26.4 Å². The van der Waals surface area contributed by atoms with Crippen molar-refractivity contribution in [3.8, 4) is 11.1 Å². The van der Waals surface area contributed by atoms with Crippen LogP contribution in [0.15, 0.2) is 30.5 Å². The second-order valence-electron chi connectivity index (χ2n) is 5.94. The SMILES string of the molecule is CNc1ncc2cc(-c3cc(N)cc(F)c3)c(NC[C@H](C)OC)nc2n1. The molecule has 7 nitrogen and oxygen atoms in total. The summed E-state index contributed by atoms with van der Waals surface area (Å²) >= 11 is 0. The van der Waals surface area contributed by atoms with Gasteiger partial charge in [0, 0.05) is 43.5 Å². The number of benzene rings is 1. The van der Waals surface area contributed by atoms with E-state index < -0.39 is 5.82 Å². The zero-order valence-corrected chi connectivity index (χ0v) is 14.9. The highest BCUT2D eigenvalue weighted by Gasteiger charge is 2.13. The van der Waals surface area contributed by atoms with Gasteiger partial charge in [-0.1, -0.05) is 0 Å². The minimum atomic E-state index is -0.405. The summed E-state index contributed by atoms with van der Waals surface area (Å²) in [5.74, 6) is 0.647. The fraction of sp³-hybridized carbons (Fsp3) is 0.278. The molecular formula is C18H21FN6O. The largest absolute Gasteiger partial charge is 0.399 e. The highest BCUT2D eigenvalue weighted by Crippen LogP contribution is 2.31. The highest BCUT2D eigenvalue weighted by molar-refractivity contribution is 5.88. The Bertz CT molecular complexity index is 913. The summed E-state index contributed by atoms with van der Waals surface area (Å²) in [6.07, 6.45) is 1.66. The smallest absolute Gasteiger partial charge is 0.224 e. The van der Waals surface area contributed by atoms with Crippen molar-refractivity contribution in [3.05, 3.63) is 36.3 Å². The molecule has 0 fully saturated rings. The number of ether oxygens (including phenoxy) is 1. The molecule has 2 aromatic heterocycles. The normalized spacial score (nSPS) is 12.2. The molecule has 136 valence electrons. The molecule has 8 heteroatoms. The molecule has 0 aliphatic rings. The van der Waals surface area contributed by atoms with Gasteiger partial charge in [0.2, 0.25) is 5.95 Å². The number of pyridine rings is 1. The van der Waals surface area contributed by atoms with Crippen LogP contribution in [0.25, 0.3) is 22.2 Å². The Kier molecular flexibility index (Phi) is 5.13. The standard InChI is InChI=1S/C18H21FN6O/c1-10(26-3)8-22-17-15(11-4-13(19)7-14(20)5-11)6-12-9-23-18(21-2)25-16(12)24-17/h4-7,9-10H,8,20H2,1-3H3,(H2,21,22,23,24,25)/t10-/m0/s1. The first kappa shape index (κ1) is 17.8. The van der Waals surface area contributed by atoms with E-state index in [4.69, 9.17) is 10.5 Å². The fourth-order valence-electron chi connectivity index (χ4n) is 2.53. The maximum Gasteiger partial charge on any atom is 0.224 e. The predicted octanol–water partition coefficient (Wildman–Crippen LogP) is 2.90. The molecule has 0 saturated heterocycles. The average Bonchev–Trinajstić information content (AvgIpc) is 2.63. The van der Waals surface area contributed by atoms with Crippen molar-refractivity contribution in [3.63, 3.8) is 0 Å². The number of methoxy groups -OCH3 is 1. The molecule has 0 aliphatic heterocycles. The molecule has 26 heavy (non-hydrogen) atoms. The van der Waals surface area contributed by atoms with E-state index in [9.17, 15) is 4.39 Å². The fourth-order valence-corrected chi connectivity index (χ4v) is 2.53. The number of hydrogen-bond donors (Lipinski definition) is 3. The molecule has 0 radical (unpaired) electrons. The van der Waals surface area contributed by atoms with Crippen molar-refractivity contribution in [2.75, 3.05) is 37.1 Å². The van der Waals surface area contributed by atoms with Gasteiger partial charge in [0.25, 0.3) is 0 Å². The summed E-state index contributed by atoms with van der Waals surface area (Å²) in [5, 5.41) is 6.88. The van der Waals surface area contributed by atoms with E-state index in [0.717, 1.165) is 5.39 Å². The Balaban J connectivity index is 2.14. The molecule has 0 spiro atoms. The van der Waals surface area contributed by atoms with E-state index in [1.165, 1.54) is 12.1 Å². The Labute approximate surface area is 150 Å². The molecule has 0 aliphatic carbocycles. The van der Waals surface area contributed by atoms with Gasteiger partial charge in [-0.2, -0.15) is 4.98 Å². The van der Waals surface area contributed by atoms with Crippen LogP contribution in [0.4, 0.5) is 21.8 Å². The van der Waals surface area contributed by atoms with E-state index in [2.05, 4.69) is 25.6 Å². The van der Waals surface area contributed by atoms with Crippen LogP contribution in [-0.4, -0.2) is 41.8 Å². The quantitative estimate of drug-likeness (QED) is 0.584. The lowest BCUT2D eigenvalue weighted by Gasteiger charge is -2.16. The number of halogens is 1. The van der Waals surface area contributed by atoms with Crippen LogP contribution < -0.4 is 16.4 Å². The maximum atomic E-state index is 13.9. The van der Waals surface area contributed by atoms with Crippen LogP contribution >= 0.6 is 0 Å². The molecule has 3 aromatic rings. The number of nitrogens with two attached hydrogens (primary N) is 1. The first-order valence-electron chi connectivity index (χ1n) is 8.19. The van der Waals surface area contributed by atoms with Crippen LogP contribution in [0.5, 0.6) is 0 Å². The molecule has 1 aromatic carbocycles. The maximum absolute atomic E-state index is 13.9. The molecule has 0 unspecified atom stereocenters. The van der Waals surface area contributed by atoms with Gasteiger partial charge < -0.3 is 21.1 Å². The van der Waals surface area contributed by atoms with Crippen molar-refractivity contribution >= 4 is 28.5 Å². The van der Waals surface area contributed by atoms with Crippen molar-refractivity contribution in [2.24, 2.45) is 0 Å². The van der Waals surface area contributed by atoms with Crippen LogP contribution in [0.3, 0.4) is 0 Å². The van der Waals surface area contributed by atoms with Gasteiger partial charge >= 0.3 is 0 Å². The molecular weight excluding hydrogens is 335 g/mol. The van der Waals surface area contributed by atoms with E-state index >= 15 is 0 Å². The minimum absolute atomic E-state index is 0.0174. The van der Waals surface area contributed by atoms with Crippen molar-refractivity contribution in [1.29, 1.82) is 0 Å². The van der Waals surface area contributed by atoms with Gasteiger partial charge in [0.1, 0.15) is 11.6 Å². The van der Waals surface area contributed by atoms with E-state index in [-0.39, 0.29) is 6.10 Å². The van der Waals surface area contributed by atoms with Crippen LogP contribution in [0, 0.1) is 5.82 Å². The highest BCUT2D eigenvalue weighted by atomic mass is 19.1. The molecule has 4 N–H and O–H groups in total. The Morgan fingerprint density at radius 2 is 2.04 bits per heavy atom. The monoisotopic (exact) mass is 356 g/mol. The van der Waals surface area contributed by atoms with Crippen LogP contribution in [0.2, 0.25) is 0 Å². The average molecular weight is 356 g/mol. The Morgan fingerprint density at radius 1 is 1.23 bits per heavy atom. The number of nitrogens with one attached hydrogen (secondary N) is 2. The molecule has 0 amide bonds. The van der Waals surface area contributed by atoms with E-state index in [0.29, 0.717) is 40.8 Å². The zero-order valence-electron chi connectivity index (χ0n) is 14.9. The third-order valence-corrected chi connectivity index (χ3v) is 3.98.